The molecule has 0 radical (unpaired) electrons. The van der Waals surface area contributed by atoms with Crippen LogP contribution in [0.15, 0.2) is 66.0 Å². The minimum Gasteiger partial charge on any atom is -0.497 e. The van der Waals surface area contributed by atoms with E-state index in [0.717, 1.165) is 30.5 Å². The zero-order valence-electron chi connectivity index (χ0n) is 29.6. The van der Waals surface area contributed by atoms with E-state index in [1.165, 1.54) is 16.7 Å². The average molecular weight is 739 g/mol. The Morgan fingerprint density at radius 2 is 1.92 bits per heavy atom. The van der Waals surface area contributed by atoms with Crippen molar-refractivity contribution in [3.63, 3.8) is 0 Å². The molecule has 0 spiro atoms. The van der Waals surface area contributed by atoms with Crippen molar-refractivity contribution in [1.82, 2.24) is 14.9 Å². The summed E-state index contributed by atoms with van der Waals surface area (Å²) in [5.74, 6) is 0.103. The van der Waals surface area contributed by atoms with E-state index >= 15 is 0 Å². The third-order valence-electron chi connectivity index (χ3n) is 12.0. The van der Waals surface area contributed by atoms with E-state index in [9.17, 15) is 22.8 Å². The molecule has 8 rings (SSSR count). The summed E-state index contributed by atoms with van der Waals surface area (Å²) in [7, 11) is 0.881. The maximum Gasteiger partial charge on any atom is 0.482 e. The number of anilines is 1. The van der Waals surface area contributed by atoms with Crippen LogP contribution in [0.25, 0.3) is 0 Å². The topological polar surface area (TPSA) is 104 Å². The highest BCUT2D eigenvalue weighted by atomic mass is 35.5. The fourth-order valence-corrected chi connectivity index (χ4v) is 9.39. The molecule has 7 atom stereocenters. The Labute approximate surface area is 306 Å². The van der Waals surface area contributed by atoms with Gasteiger partial charge in [0.05, 0.1) is 36.0 Å². The van der Waals surface area contributed by atoms with Gasteiger partial charge in [-0.3, -0.25) is 14.2 Å². The van der Waals surface area contributed by atoms with E-state index in [1.807, 2.05) is 24.3 Å². The van der Waals surface area contributed by atoms with Crippen molar-refractivity contribution in [2.75, 3.05) is 12.4 Å². The van der Waals surface area contributed by atoms with Crippen LogP contribution in [0, 0.1) is 17.3 Å². The lowest BCUT2D eigenvalue weighted by atomic mass is 9.43. The number of nitrogens with one attached hydrogen (secondary N) is 2. The number of rotatable bonds is 11. The molecular weight excluding hydrogens is 696 g/mol. The number of alkyl halides is 3. The van der Waals surface area contributed by atoms with Crippen LogP contribution >= 0.6 is 11.6 Å². The van der Waals surface area contributed by atoms with Crippen molar-refractivity contribution >= 4 is 30.4 Å². The summed E-state index contributed by atoms with van der Waals surface area (Å²) in [6.45, 7) is 10.5. The molecular formula is C38H43BClF3N4O5. The molecule has 3 unspecified atom stereocenters. The van der Waals surface area contributed by atoms with Gasteiger partial charge in [-0.05, 0) is 91.7 Å². The summed E-state index contributed by atoms with van der Waals surface area (Å²) in [6, 6.07) is 11.4. The van der Waals surface area contributed by atoms with Crippen LogP contribution in [-0.2, 0) is 33.2 Å². The molecule has 14 heteroatoms. The quantitative estimate of drug-likeness (QED) is 0.159. The lowest BCUT2D eigenvalue weighted by Crippen LogP contribution is -2.65. The van der Waals surface area contributed by atoms with Gasteiger partial charge in [-0.2, -0.15) is 13.2 Å². The summed E-state index contributed by atoms with van der Waals surface area (Å²) in [6.07, 6.45) is 0.194. The Bertz CT molecular complexity index is 1920. The maximum atomic E-state index is 14.4. The number of fused-ring (bicyclic) bond motifs is 1. The van der Waals surface area contributed by atoms with Crippen molar-refractivity contribution in [1.29, 1.82) is 0 Å². The minimum absolute atomic E-state index is 0.0312. The largest absolute Gasteiger partial charge is 0.497 e. The van der Waals surface area contributed by atoms with E-state index < -0.39 is 47.9 Å². The summed E-state index contributed by atoms with van der Waals surface area (Å²) in [5, 5.41) is 6.04. The Hall–Kier alpha value is -3.81. The number of benzene rings is 2. The van der Waals surface area contributed by atoms with Gasteiger partial charge in [-0.1, -0.05) is 55.8 Å². The van der Waals surface area contributed by atoms with Crippen LogP contribution in [-0.4, -0.2) is 47.3 Å². The van der Waals surface area contributed by atoms with Gasteiger partial charge in [-0.25, -0.2) is 4.98 Å². The molecule has 9 nitrogen and oxygen atoms in total. The number of methoxy groups -OCH3 is 1. The van der Waals surface area contributed by atoms with Crippen molar-refractivity contribution in [3.05, 3.63) is 99.1 Å². The smallest absolute Gasteiger partial charge is 0.482 e. The van der Waals surface area contributed by atoms with E-state index in [0.29, 0.717) is 41.7 Å². The Kier molecular flexibility index (Phi) is 9.53. The number of carbonyl (C=O) groups excluding carboxylic acids is 1. The SMILES string of the molecule is C=CC[C@H](NC(=O)[C@@H]1C[C@@H](Cc2ccc(OC)cc2)c2c(Cl)nc(NCc3cccc(C(F)(F)F)c3)c(=O)n21)B1OC2CC3CC(C3(C)C)[C@@]2(C)O1. The first-order chi connectivity index (χ1) is 24.6. The summed E-state index contributed by atoms with van der Waals surface area (Å²) in [5.41, 5.74) is -0.0769. The van der Waals surface area contributed by atoms with Crippen LogP contribution < -0.4 is 20.9 Å². The molecule has 2 aromatic carbocycles. The van der Waals surface area contributed by atoms with Gasteiger partial charge in [0.1, 0.15) is 11.8 Å². The lowest BCUT2D eigenvalue weighted by molar-refractivity contribution is -0.199. The second kappa shape index (κ2) is 13.6. The monoisotopic (exact) mass is 738 g/mol. The molecule has 3 aromatic rings. The van der Waals surface area contributed by atoms with Crippen LogP contribution in [0.3, 0.4) is 0 Å². The number of halogens is 4. The molecule has 3 heterocycles. The molecule has 1 saturated heterocycles. The third-order valence-corrected chi connectivity index (χ3v) is 12.3. The standard InChI is InChI=1S/C38H43BClF3N4O5/c1-6-8-30(39-51-29-19-25-18-28(36(25,2)3)37(29,4)52-39)45-34(48)27-17-23(15-21-11-13-26(50-5)14-12-21)31-32(40)46-33(35(49)47(27)31)44-20-22-9-7-10-24(16-22)38(41,42)43/h6-7,9-14,16,23,25,27-30H,1,8,15,17-20H2,2-5H3,(H,44,46)(H,45,48)/t23-,25?,27+,28?,29?,30+,37-/m1/s1. The van der Waals surface area contributed by atoms with Crippen molar-refractivity contribution < 1.29 is 32.0 Å². The Morgan fingerprint density at radius 3 is 2.60 bits per heavy atom. The number of nitrogens with zero attached hydrogens (tertiary/aromatic N) is 2. The second-order valence-corrected chi connectivity index (χ2v) is 15.7. The Balaban J connectivity index is 1.17. The van der Waals surface area contributed by atoms with E-state index in [4.69, 9.17) is 25.6 Å². The van der Waals surface area contributed by atoms with Gasteiger partial charge in [-0.15, -0.1) is 6.58 Å². The highest BCUT2D eigenvalue weighted by Crippen LogP contribution is 2.65. The zero-order chi connectivity index (χ0) is 37.2. The third kappa shape index (κ3) is 6.42. The highest BCUT2D eigenvalue weighted by Gasteiger charge is 2.68. The van der Waals surface area contributed by atoms with Crippen molar-refractivity contribution in [2.45, 2.75) is 95.2 Å². The molecule has 3 saturated carbocycles. The van der Waals surface area contributed by atoms with Gasteiger partial charge in [0.25, 0.3) is 5.56 Å². The molecule has 3 aliphatic carbocycles. The summed E-state index contributed by atoms with van der Waals surface area (Å²) in [4.78, 5) is 32.9. The molecule has 5 aliphatic rings. The van der Waals surface area contributed by atoms with Gasteiger partial charge < -0.3 is 24.7 Å². The molecule has 1 amide bonds. The summed E-state index contributed by atoms with van der Waals surface area (Å²) >= 11 is 6.81. The number of carbonyl (C=O) groups is 1. The number of hydrogen-bond acceptors (Lipinski definition) is 7. The zero-order valence-corrected chi connectivity index (χ0v) is 30.4. The van der Waals surface area contributed by atoms with Crippen molar-refractivity contribution in [3.8, 4) is 5.75 Å². The fraction of sp³-hybridized carbons (Fsp3) is 0.500. The van der Waals surface area contributed by atoms with Crippen LogP contribution in [0.1, 0.15) is 80.8 Å². The fourth-order valence-electron chi connectivity index (χ4n) is 9.06. The first-order valence-corrected chi connectivity index (χ1v) is 18.1. The minimum atomic E-state index is -4.52. The number of amides is 1. The Morgan fingerprint density at radius 1 is 1.17 bits per heavy atom. The molecule has 276 valence electrons. The first-order valence-electron chi connectivity index (χ1n) is 17.7. The molecule has 4 fully saturated rings. The molecule has 2 bridgehead atoms. The van der Waals surface area contributed by atoms with E-state index in [2.05, 4.69) is 43.0 Å². The lowest BCUT2D eigenvalue weighted by Gasteiger charge is -2.64. The van der Waals surface area contributed by atoms with Crippen LogP contribution in [0.5, 0.6) is 5.75 Å². The second-order valence-electron chi connectivity index (χ2n) is 15.3. The van der Waals surface area contributed by atoms with Gasteiger partial charge in [0.15, 0.2) is 11.0 Å². The molecule has 2 N–H and O–H groups in total. The molecule has 1 aromatic heterocycles. The average Bonchev–Trinajstić information content (AvgIpc) is 3.67. The predicted octanol–water partition coefficient (Wildman–Crippen LogP) is 7.14. The predicted molar refractivity (Wildman–Crippen MR) is 192 cm³/mol. The van der Waals surface area contributed by atoms with Gasteiger partial charge in [0, 0.05) is 12.5 Å². The first kappa shape index (κ1) is 36.5. The van der Waals surface area contributed by atoms with Crippen LogP contribution in [0.2, 0.25) is 5.15 Å². The maximum absolute atomic E-state index is 14.4. The van der Waals surface area contributed by atoms with Crippen LogP contribution in [0.4, 0.5) is 19.0 Å². The molecule has 2 aliphatic heterocycles. The number of ether oxygens (including phenoxy) is 1. The summed E-state index contributed by atoms with van der Waals surface area (Å²) < 4.78 is 60.0. The number of hydrogen-bond donors (Lipinski definition) is 2. The van der Waals surface area contributed by atoms with E-state index in [1.54, 1.807) is 13.2 Å². The highest BCUT2D eigenvalue weighted by molar-refractivity contribution is 6.48. The number of aromatic nitrogens is 2. The normalized spacial score (nSPS) is 27.6. The van der Waals surface area contributed by atoms with Crippen molar-refractivity contribution in [2.24, 2.45) is 17.3 Å². The van der Waals surface area contributed by atoms with E-state index in [-0.39, 0.29) is 41.4 Å². The van der Waals surface area contributed by atoms with Gasteiger partial charge in [0.2, 0.25) is 5.91 Å². The molecule has 52 heavy (non-hydrogen) atoms. The van der Waals surface area contributed by atoms with Gasteiger partial charge >= 0.3 is 13.3 Å².